The second-order valence-corrected chi connectivity index (χ2v) is 12.5. The maximum atomic E-state index is 13.4. The number of nitrogens with one attached hydrogen (secondary N) is 1. The van der Waals surface area contributed by atoms with E-state index in [1.807, 2.05) is 48.9 Å². The fraction of sp³-hybridized carbons (Fsp3) is 0.724. The highest BCUT2D eigenvalue weighted by atomic mass is 16.7. The molecule has 3 atom stereocenters. The second kappa shape index (κ2) is 10.5. The predicted molar refractivity (Wildman–Crippen MR) is 142 cm³/mol. The van der Waals surface area contributed by atoms with Crippen LogP contribution in [-0.4, -0.2) is 90.9 Å². The Labute approximate surface area is 221 Å². The number of ether oxygens (including phenoxy) is 2. The number of fused-ring (bicyclic) bond motifs is 2. The molecule has 4 saturated heterocycles. The van der Waals surface area contributed by atoms with E-state index in [2.05, 4.69) is 29.3 Å². The van der Waals surface area contributed by atoms with Crippen LogP contribution in [0.3, 0.4) is 0 Å². The molecule has 2 unspecified atom stereocenters. The summed E-state index contributed by atoms with van der Waals surface area (Å²) in [7, 11) is 2.00. The fourth-order valence-electron chi connectivity index (χ4n) is 7.10. The molecule has 4 aliphatic rings. The fourth-order valence-corrected chi connectivity index (χ4v) is 7.10. The normalized spacial score (nSPS) is 30.4. The minimum absolute atomic E-state index is 0.0123. The average molecular weight is 513 g/mol. The van der Waals surface area contributed by atoms with Gasteiger partial charge in [0.15, 0.2) is 0 Å². The molecule has 8 nitrogen and oxygen atoms in total. The largest absolute Gasteiger partial charge is 0.355 e. The van der Waals surface area contributed by atoms with Gasteiger partial charge in [-0.1, -0.05) is 51.1 Å². The lowest BCUT2D eigenvalue weighted by atomic mass is 9.81. The highest BCUT2D eigenvalue weighted by molar-refractivity contribution is 5.78. The molecule has 1 spiro atoms. The third-order valence-electron chi connectivity index (χ3n) is 9.12. The molecule has 1 aromatic carbocycles. The van der Waals surface area contributed by atoms with E-state index in [1.54, 1.807) is 0 Å². The summed E-state index contributed by atoms with van der Waals surface area (Å²) in [5.41, 5.74) is 0.905. The quantitative estimate of drug-likeness (QED) is 0.576. The summed E-state index contributed by atoms with van der Waals surface area (Å²) in [4.78, 5) is 32.7. The molecule has 8 heteroatoms. The van der Waals surface area contributed by atoms with Crippen molar-refractivity contribution < 1.29 is 19.1 Å². The van der Waals surface area contributed by atoms with E-state index in [1.165, 1.54) is 18.4 Å². The van der Waals surface area contributed by atoms with Crippen LogP contribution >= 0.6 is 0 Å². The first-order valence-corrected chi connectivity index (χ1v) is 14.0. The van der Waals surface area contributed by atoms with Gasteiger partial charge in [-0.25, -0.2) is 4.79 Å². The molecular weight excluding hydrogens is 468 g/mol. The Morgan fingerprint density at radius 1 is 1.11 bits per heavy atom. The number of likely N-dealkylation sites (N-methyl/N-ethyl adjacent to an activating group) is 1. The van der Waals surface area contributed by atoms with Crippen LogP contribution in [0.5, 0.6) is 0 Å². The van der Waals surface area contributed by atoms with E-state index in [0.717, 1.165) is 32.4 Å². The van der Waals surface area contributed by atoms with E-state index in [-0.39, 0.29) is 34.9 Å². The van der Waals surface area contributed by atoms with Gasteiger partial charge in [-0.3, -0.25) is 9.69 Å². The monoisotopic (exact) mass is 512 g/mol. The summed E-state index contributed by atoms with van der Waals surface area (Å²) in [5.74, 6) is 0.0627. The Morgan fingerprint density at radius 2 is 1.76 bits per heavy atom. The molecule has 5 rings (SSSR count). The molecule has 37 heavy (non-hydrogen) atoms. The Bertz CT molecular complexity index is 950. The Morgan fingerprint density at radius 3 is 2.38 bits per heavy atom. The molecule has 4 fully saturated rings. The Balaban J connectivity index is 1.24. The number of hydrogen-bond donors (Lipinski definition) is 1. The number of benzene rings is 1. The molecule has 1 N–H and O–H groups in total. The van der Waals surface area contributed by atoms with Crippen LogP contribution < -0.4 is 5.32 Å². The van der Waals surface area contributed by atoms with Crippen LogP contribution in [0.2, 0.25) is 0 Å². The van der Waals surface area contributed by atoms with Crippen molar-refractivity contribution in [3.8, 4) is 0 Å². The van der Waals surface area contributed by atoms with Gasteiger partial charge in [0.25, 0.3) is 0 Å². The zero-order chi connectivity index (χ0) is 26.2. The van der Waals surface area contributed by atoms with Crippen molar-refractivity contribution in [1.82, 2.24) is 20.0 Å². The SMILES string of the molecule is CC(C)C(=O)N[C@@H](CCN1C2CCC1CC1(C2)CN(CC2(C)COCOC2)C(=O)N1C)c1ccccc1. The van der Waals surface area contributed by atoms with Gasteiger partial charge in [0.2, 0.25) is 5.91 Å². The first kappa shape index (κ1) is 26.4. The van der Waals surface area contributed by atoms with E-state index in [0.29, 0.717) is 38.6 Å². The number of hydrogen-bond acceptors (Lipinski definition) is 5. The molecule has 0 aliphatic carbocycles. The van der Waals surface area contributed by atoms with Crippen LogP contribution in [0.15, 0.2) is 30.3 Å². The van der Waals surface area contributed by atoms with Crippen molar-refractivity contribution in [2.75, 3.05) is 46.7 Å². The first-order chi connectivity index (χ1) is 17.7. The second-order valence-electron chi connectivity index (χ2n) is 12.5. The zero-order valence-electron chi connectivity index (χ0n) is 22.9. The minimum atomic E-state index is -0.160. The van der Waals surface area contributed by atoms with Crippen molar-refractivity contribution in [2.24, 2.45) is 11.3 Å². The van der Waals surface area contributed by atoms with Crippen LogP contribution in [0.25, 0.3) is 0 Å². The van der Waals surface area contributed by atoms with E-state index >= 15 is 0 Å². The van der Waals surface area contributed by atoms with Crippen molar-refractivity contribution >= 4 is 11.9 Å². The zero-order valence-corrected chi connectivity index (χ0v) is 22.9. The minimum Gasteiger partial charge on any atom is -0.355 e. The summed E-state index contributed by atoms with van der Waals surface area (Å²) in [6.07, 6.45) is 5.28. The Kier molecular flexibility index (Phi) is 7.53. The highest BCUT2D eigenvalue weighted by Gasteiger charge is 2.56. The number of carbonyl (C=O) groups is 2. The molecule has 1 aromatic rings. The topological polar surface area (TPSA) is 74.4 Å². The lowest BCUT2D eigenvalue weighted by Gasteiger charge is -2.47. The number of nitrogens with zero attached hydrogens (tertiary/aromatic N) is 3. The van der Waals surface area contributed by atoms with Crippen molar-refractivity contribution in [1.29, 1.82) is 0 Å². The van der Waals surface area contributed by atoms with Crippen LogP contribution in [0, 0.1) is 11.3 Å². The van der Waals surface area contributed by atoms with Gasteiger partial charge in [0.1, 0.15) is 6.79 Å². The summed E-state index contributed by atoms with van der Waals surface area (Å²) in [6.45, 7) is 10.1. The molecule has 0 saturated carbocycles. The lowest BCUT2D eigenvalue weighted by molar-refractivity contribution is -0.162. The van der Waals surface area contributed by atoms with Crippen LogP contribution in [-0.2, 0) is 14.3 Å². The molecule has 204 valence electrons. The van der Waals surface area contributed by atoms with Crippen LogP contribution in [0.1, 0.15) is 64.5 Å². The molecule has 0 aromatic heterocycles. The Hall–Kier alpha value is -2.16. The van der Waals surface area contributed by atoms with Crippen molar-refractivity contribution in [3.63, 3.8) is 0 Å². The van der Waals surface area contributed by atoms with Gasteiger partial charge in [-0.2, -0.15) is 0 Å². The van der Waals surface area contributed by atoms with Crippen LogP contribution in [0.4, 0.5) is 4.79 Å². The van der Waals surface area contributed by atoms with Gasteiger partial charge in [-0.05, 0) is 37.7 Å². The number of carbonyl (C=O) groups excluding carboxylic acids is 2. The summed E-state index contributed by atoms with van der Waals surface area (Å²) < 4.78 is 11.1. The van der Waals surface area contributed by atoms with Gasteiger partial charge < -0.3 is 24.6 Å². The van der Waals surface area contributed by atoms with E-state index in [9.17, 15) is 9.59 Å². The van der Waals surface area contributed by atoms with E-state index < -0.39 is 0 Å². The van der Waals surface area contributed by atoms with Crippen molar-refractivity contribution in [3.05, 3.63) is 35.9 Å². The lowest BCUT2D eigenvalue weighted by Crippen LogP contribution is -2.57. The molecule has 4 aliphatic heterocycles. The summed E-state index contributed by atoms with van der Waals surface area (Å²) in [5, 5.41) is 3.29. The molecule has 3 amide bonds. The third kappa shape index (κ3) is 5.38. The molecule has 2 bridgehead atoms. The van der Waals surface area contributed by atoms with Gasteiger partial charge in [0, 0.05) is 50.1 Å². The van der Waals surface area contributed by atoms with Gasteiger partial charge in [-0.15, -0.1) is 0 Å². The number of urea groups is 1. The standard InChI is InChI=1S/C29H44N4O4/c1-21(2)26(34)30-25(22-8-6-5-7-9-22)12-13-33-23-10-11-24(33)15-29(14-23)17-32(27(35)31(29)4)16-28(3)18-36-20-37-19-28/h5-9,21,23-25H,10-20H2,1-4H3,(H,30,34)/t23?,24?,25-,29?/m0/s1. The predicted octanol–water partition coefficient (Wildman–Crippen LogP) is 3.63. The molecule has 0 radical (unpaired) electrons. The van der Waals surface area contributed by atoms with Crippen molar-refractivity contribution in [2.45, 2.75) is 76.5 Å². The number of rotatable bonds is 8. The highest BCUT2D eigenvalue weighted by Crippen LogP contribution is 2.47. The molecular formula is C29H44N4O4. The summed E-state index contributed by atoms with van der Waals surface area (Å²) >= 11 is 0. The average Bonchev–Trinajstić information content (AvgIpc) is 3.25. The van der Waals surface area contributed by atoms with E-state index in [4.69, 9.17) is 9.47 Å². The molecule has 4 heterocycles. The third-order valence-corrected chi connectivity index (χ3v) is 9.12. The maximum Gasteiger partial charge on any atom is 0.320 e. The van der Waals surface area contributed by atoms with Gasteiger partial charge >= 0.3 is 6.03 Å². The first-order valence-electron chi connectivity index (χ1n) is 14.0. The number of piperidine rings is 1. The number of amides is 3. The smallest absolute Gasteiger partial charge is 0.320 e. The summed E-state index contributed by atoms with van der Waals surface area (Å²) in [6, 6.07) is 11.4. The van der Waals surface area contributed by atoms with Gasteiger partial charge in [0.05, 0.1) is 24.8 Å². The maximum absolute atomic E-state index is 13.4.